The molecule has 5 aromatic rings. The SMILES string of the molecule is Cc1nn(CC(=O)Nc2cc(C)n(Cc3cccc(C(F)(F)F)c3)n2)c2nccc(-c3ccc(F)cc3)c12. The molecule has 2 aromatic carbocycles. The fourth-order valence-electron chi connectivity index (χ4n) is 4.33. The number of pyridine rings is 1. The molecule has 0 fully saturated rings. The molecule has 0 atom stereocenters. The van der Waals surface area contributed by atoms with Crippen LogP contribution in [0.15, 0.2) is 66.9 Å². The Hall–Kier alpha value is -4.54. The number of carbonyl (C=O) groups is 1. The monoisotopic (exact) mass is 522 g/mol. The minimum Gasteiger partial charge on any atom is -0.308 e. The van der Waals surface area contributed by atoms with Crippen molar-refractivity contribution < 1.29 is 22.4 Å². The van der Waals surface area contributed by atoms with Crippen molar-refractivity contribution in [2.45, 2.75) is 33.1 Å². The first-order valence-electron chi connectivity index (χ1n) is 11.7. The third-order valence-electron chi connectivity index (χ3n) is 6.09. The lowest BCUT2D eigenvalue weighted by Gasteiger charge is -2.09. The molecule has 1 N–H and O–H groups in total. The van der Waals surface area contributed by atoms with Gasteiger partial charge in [0.25, 0.3) is 0 Å². The molecule has 11 heteroatoms. The van der Waals surface area contributed by atoms with Crippen LogP contribution in [0, 0.1) is 19.7 Å². The summed E-state index contributed by atoms with van der Waals surface area (Å²) in [7, 11) is 0. The van der Waals surface area contributed by atoms with Crippen molar-refractivity contribution in [2.75, 3.05) is 5.32 Å². The third-order valence-corrected chi connectivity index (χ3v) is 6.09. The van der Waals surface area contributed by atoms with Crippen LogP contribution in [-0.2, 0) is 24.1 Å². The molecule has 0 aliphatic rings. The van der Waals surface area contributed by atoms with Crippen LogP contribution in [-0.4, -0.2) is 30.5 Å². The zero-order chi connectivity index (χ0) is 27.0. The number of fused-ring (bicyclic) bond motifs is 1. The molecule has 5 rings (SSSR count). The molecule has 0 radical (unpaired) electrons. The topological polar surface area (TPSA) is 77.6 Å². The van der Waals surface area contributed by atoms with Gasteiger partial charge in [0.1, 0.15) is 12.4 Å². The quantitative estimate of drug-likeness (QED) is 0.288. The number of anilines is 1. The molecular formula is C27H22F4N6O. The van der Waals surface area contributed by atoms with Crippen LogP contribution >= 0.6 is 0 Å². The number of halogens is 4. The second-order valence-corrected chi connectivity index (χ2v) is 8.88. The van der Waals surface area contributed by atoms with Crippen LogP contribution in [0.1, 0.15) is 22.5 Å². The number of aromatic nitrogens is 5. The Morgan fingerprint density at radius 2 is 1.74 bits per heavy atom. The minimum absolute atomic E-state index is 0.116. The van der Waals surface area contributed by atoms with Gasteiger partial charge in [0.15, 0.2) is 11.5 Å². The van der Waals surface area contributed by atoms with Gasteiger partial charge in [0.05, 0.1) is 17.8 Å². The predicted octanol–water partition coefficient (Wildman–Crippen LogP) is 5.76. The molecule has 7 nitrogen and oxygen atoms in total. The highest BCUT2D eigenvalue weighted by atomic mass is 19.4. The highest BCUT2D eigenvalue weighted by Crippen LogP contribution is 2.31. The standard InChI is InChI=1S/C27H22F4N6O/c1-16-12-23(35-36(16)14-18-4-3-5-20(13-18)27(29,30)31)33-24(38)15-37-26-25(17(2)34-37)22(10-11-32-26)19-6-8-21(28)9-7-19/h3-13H,14-15H2,1-2H3,(H,33,35,38). The maximum Gasteiger partial charge on any atom is 0.416 e. The summed E-state index contributed by atoms with van der Waals surface area (Å²) in [5, 5.41) is 12.3. The number of nitrogens with one attached hydrogen (secondary N) is 1. The van der Waals surface area contributed by atoms with Crippen molar-refractivity contribution in [3.05, 3.63) is 95.2 Å². The maximum atomic E-state index is 13.4. The number of aryl methyl sites for hydroxylation is 2. The van der Waals surface area contributed by atoms with Gasteiger partial charge < -0.3 is 5.32 Å². The Kier molecular flexibility index (Phi) is 6.43. The van der Waals surface area contributed by atoms with Crippen LogP contribution in [0.25, 0.3) is 22.2 Å². The molecule has 0 saturated carbocycles. The van der Waals surface area contributed by atoms with Gasteiger partial charge in [-0.05, 0) is 60.9 Å². The Labute approximate surface area is 214 Å². The molecule has 0 aliphatic heterocycles. The van der Waals surface area contributed by atoms with Crippen LogP contribution in [0.4, 0.5) is 23.4 Å². The lowest BCUT2D eigenvalue weighted by atomic mass is 10.0. The highest BCUT2D eigenvalue weighted by molar-refractivity contribution is 5.96. The fraction of sp³-hybridized carbons (Fsp3) is 0.185. The molecule has 0 bridgehead atoms. The normalized spacial score (nSPS) is 11.7. The number of alkyl halides is 3. The van der Waals surface area contributed by atoms with Crippen LogP contribution < -0.4 is 5.32 Å². The number of carbonyl (C=O) groups excluding carboxylic acids is 1. The number of nitrogens with zero attached hydrogens (tertiary/aromatic N) is 5. The van der Waals surface area contributed by atoms with E-state index in [1.54, 1.807) is 37.4 Å². The number of benzene rings is 2. The molecule has 1 amide bonds. The van der Waals surface area contributed by atoms with Crippen LogP contribution in [0.2, 0.25) is 0 Å². The first kappa shape index (κ1) is 25.1. The van der Waals surface area contributed by atoms with E-state index in [9.17, 15) is 22.4 Å². The molecule has 3 heterocycles. The van der Waals surface area contributed by atoms with E-state index >= 15 is 0 Å². The smallest absolute Gasteiger partial charge is 0.308 e. The van der Waals surface area contributed by atoms with Crippen molar-refractivity contribution in [2.24, 2.45) is 0 Å². The summed E-state index contributed by atoms with van der Waals surface area (Å²) >= 11 is 0. The van der Waals surface area contributed by atoms with Crippen molar-refractivity contribution in [1.29, 1.82) is 0 Å². The molecule has 3 aromatic heterocycles. The highest BCUT2D eigenvalue weighted by Gasteiger charge is 2.30. The van der Waals surface area contributed by atoms with Gasteiger partial charge in [0.2, 0.25) is 5.91 Å². The van der Waals surface area contributed by atoms with Gasteiger partial charge in [-0.2, -0.15) is 23.4 Å². The van der Waals surface area contributed by atoms with E-state index in [-0.39, 0.29) is 24.7 Å². The molecule has 38 heavy (non-hydrogen) atoms. The third kappa shape index (κ3) is 5.13. The number of hydrogen-bond donors (Lipinski definition) is 1. The number of hydrogen-bond acceptors (Lipinski definition) is 4. The summed E-state index contributed by atoms with van der Waals surface area (Å²) in [6.45, 7) is 3.54. The summed E-state index contributed by atoms with van der Waals surface area (Å²) in [5.41, 5.74) is 3.17. The van der Waals surface area contributed by atoms with Gasteiger partial charge >= 0.3 is 6.18 Å². The first-order valence-corrected chi connectivity index (χ1v) is 11.7. The predicted molar refractivity (Wildman–Crippen MR) is 134 cm³/mol. The van der Waals surface area contributed by atoms with Gasteiger partial charge in [-0.1, -0.05) is 24.3 Å². The summed E-state index contributed by atoms with van der Waals surface area (Å²) < 4.78 is 55.5. The van der Waals surface area contributed by atoms with E-state index in [2.05, 4.69) is 20.5 Å². The Balaban J connectivity index is 1.33. The molecule has 0 unspecified atom stereocenters. The Morgan fingerprint density at radius 3 is 2.47 bits per heavy atom. The summed E-state index contributed by atoms with van der Waals surface area (Å²) in [4.78, 5) is 17.2. The second kappa shape index (κ2) is 9.73. The Morgan fingerprint density at radius 1 is 0.974 bits per heavy atom. The van der Waals surface area contributed by atoms with Gasteiger partial charge in [-0.3, -0.25) is 9.48 Å². The average molecular weight is 523 g/mol. The molecule has 194 valence electrons. The first-order chi connectivity index (χ1) is 18.1. The van der Waals surface area contributed by atoms with Gasteiger partial charge in [-0.25, -0.2) is 14.1 Å². The van der Waals surface area contributed by atoms with E-state index < -0.39 is 17.6 Å². The lowest BCUT2D eigenvalue weighted by Crippen LogP contribution is -2.20. The van der Waals surface area contributed by atoms with Crippen molar-refractivity contribution in [3.63, 3.8) is 0 Å². The number of amides is 1. The summed E-state index contributed by atoms with van der Waals surface area (Å²) in [5.74, 6) is -0.463. The van der Waals surface area contributed by atoms with Crippen LogP contribution in [0.5, 0.6) is 0 Å². The largest absolute Gasteiger partial charge is 0.416 e. The second-order valence-electron chi connectivity index (χ2n) is 8.88. The molecule has 0 saturated heterocycles. The van der Waals surface area contributed by atoms with Crippen molar-refractivity contribution in [1.82, 2.24) is 24.5 Å². The molecule has 0 spiro atoms. The van der Waals surface area contributed by atoms with E-state index in [0.717, 1.165) is 28.6 Å². The zero-order valence-electron chi connectivity index (χ0n) is 20.4. The minimum atomic E-state index is -4.43. The molecular weight excluding hydrogens is 500 g/mol. The average Bonchev–Trinajstić information content (AvgIpc) is 3.37. The van der Waals surface area contributed by atoms with E-state index in [1.807, 2.05) is 13.0 Å². The summed E-state index contributed by atoms with van der Waals surface area (Å²) in [6, 6.07) is 14.6. The van der Waals surface area contributed by atoms with Gasteiger partial charge in [0, 0.05) is 23.3 Å². The number of rotatable bonds is 6. The van der Waals surface area contributed by atoms with E-state index in [1.165, 1.54) is 27.6 Å². The fourth-order valence-corrected chi connectivity index (χ4v) is 4.33. The van der Waals surface area contributed by atoms with Crippen molar-refractivity contribution >= 4 is 22.8 Å². The lowest BCUT2D eigenvalue weighted by molar-refractivity contribution is -0.137. The Bertz CT molecular complexity index is 1640. The van der Waals surface area contributed by atoms with E-state index in [0.29, 0.717) is 22.6 Å². The maximum absolute atomic E-state index is 13.4. The van der Waals surface area contributed by atoms with Crippen LogP contribution in [0.3, 0.4) is 0 Å². The van der Waals surface area contributed by atoms with E-state index in [4.69, 9.17) is 0 Å². The molecule has 0 aliphatic carbocycles. The summed E-state index contributed by atoms with van der Waals surface area (Å²) in [6.07, 6.45) is -2.83. The van der Waals surface area contributed by atoms with Crippen molar-refractivity contribution in [3.8, 4) is 11.1 Å². The van der Waals surface area contributed by atoms with Gasteiger partial charge in [-0.15, -0.1) is 0 Å². The zero-order valence-corrected chi connectivity index (χ0v) is 20.4.